The molecule has 0 saturated carbocycles. The number of hydrazine groups is 2. The summed E-state index contributed by atoms with van der Waals surface area (Å²) < 4.78 is 5.09. The van der Waals surface area contributed by atoms with Gasteiger partial charge in [0.05, 0.1) is 20.4 Å². The molecule has 130 valence electrons. The van der Waals surface area contributed by atoms with Crippen molar-refractivity contribution in [2.45, 2.75) is 0 Å². The number of methoxy groups -OCH3 is 1. The molecule has 0 atom stereocenters. The van der Waals surface area contributed by atoms with Gasteiger partial charge in [0.2, 0.25) is 0 Å². The van der Waals surface area contributed by atoms with E-state index in [0.29, 0.717) is 0 Å². The Morgan fingerprint density at radius 2 is 1.58 bits per heavy atom. The van der Waals surface area contributed by atoms with Crippen LogP contribution in [0, 0.1) is 0 Å². The van der Waals surface area contributed by atoms with Crippen LogP contribution in [0.4, 0.5) is 17.1 Å². The average Bonchev–Trinajstić information content (AvgIpc) is 2.62. The van der Waals surface area contributed by atoms with Gasteiger partial charge in [0.25, 0.3) is 0 Å². The summed E-state index contributed by atoms with van der Waals surface area (Å²) in [6, 6.07) is 15.4. The zero-order valence-electron chi connectivity index (χ0n) is 14.4. The van der Waals surface area contributed by atoms with Crippen molar-refractivity contribution in [3.8, 4) is 5.75 Å². The minimum absolute atomic E-state index is 0.764. The van der Waals surface area contributed by atoms with Gasteiger partial charge in [-0.1, -0.05) is 0 Å². The van der Waals surface area contributed by atoms with Gasteiger partial charge in [0, 0.05) is 24.1 Å². The van der Waals surface area contributed by atoms with Gasteiger partial charge in [-0.25, -0.2) is 0 Å². The van der Waals surface area contributed by atoms with Gasteiger partial charge in [-0.2, -0.15) is 5.53 Å². The van der Waals surface area contributed by atoms with Crippen LogP contribution in [0.1, 0.15) is 0 Å². The van der Waals surface area contributed by atoms with E-state index in [1.165, 1.54) is 0 Å². The maximum absolute atomic E-state index is 5.61. The highest BCUT2D eigenvalue weighted by atomic mass is 16.5. The lowest BCUT2D eigenvalue weighted by Gasteiger charge is -2.07. The van der Waals surface area contributed by atoms with Gasteiger partial charge < -0.3 is 26.1 Å². The number of ether oxygens (including phenoxy) is 1. The van der Waals surface area contributed by atoms with Gasteiger partial charge in [-0.05, 0) is 48.5 Å². The van der Waals surface area contributed by atoms with Gasteiger partial charge in [-0.3, -0.25) is 5.84 Å². The van der Waals surface area contributed by atoms with E-state index in [9.17, 15) is 0 Å². The number of hydrogen-bond acceptors (Lipinski definition) is 6. The lowest BCUT2D eigenvalue weighted by Crippen LogP contribution is -2.72. The molecule has 7 nitrogen and oxygen atoms in total. The summed E-state index contributed by atoms with van der Waals surface area (Å²) in [6.07, 6.45) is 3.71. The minimum atomic E-state index is 0.764. The molecular weight excluding hydrogens is 304 g/mol. The number of hydrogen-bond donors (Lipinski definition) is 5. The largest absolute Gasteiger partial charge is 0.497 e. The summed E-state index contributed by atoms with van der Waals surface area (Å²) in [5.41, 5.74) is 10.8. The van der Waals surface area contributed by atoms with Crippen molar-refractivity contribution in [1.29, 1.82) is 0 Å². The summed E-state index contributed by atoms with van der Waals surface area (Å²) in [4.78, 5) is 0. The van der Waals surface area contributed by atoms with E-state index in [2.05, 4.69) is 10.9 Å². The zero-order chi connectivity index (χ0) is 17.8. The van der Waals surface area contributed by atoms with Gasteiger partial charge in [0.1, 0.15) is 11.9 Å². The Morgan fingerprint density at radius 1 is 1.04 bits per heavy atom. The number of nitrogens with one attached hydrogen (secondary N) is 2. The second kappa shape index (κ2) is 10.9. The lowest BCUT2D eigenvalue weighted by molar-refractivity contribution is -0.557. The molecule has 8 N–H and O–H groups in total. The van der Waals surface area contributed by atoms with Crippen LogP contribution >= 0.6 is 0 Å². The first kappa shape index (κ1) is 19.3. The van der Waals surface area contributed by atoms with Crippen molar-refractivity contribution in [2.75, 3.05) is 32.3 Å². The summed E-state index contributed by atoms with van der Waals surface area (Å²) >= 11 is 0. The Balaban J connectivity index is 0.000000307. The van der Waals surface area contributed by atoms with Crippen LogP contribution in [0.15, 0.2) is 60.9 Å². The fourth-order valence-electron chi connectivity index (χ4n) is 1.67. The van der Waals surface area contributed by atoms with Crippen LogP contribution in [-0.4, -0.2) is 26.2 Å². The molecule has 0 amide bonds. The number of nitrogens with zero attached hydrogens (tertiary/aromatic N) is 1. The Hall–Kier alpha value is -2.74. The molecule has 24 heavy (non-hydrogen) atoms. The maximum atomic E-state index is 5.61. The Kier molecular flexibility index (Phi) is 8.77. The molecule has 0 radical (unpaired) electrons. The highest BCUT2D eigenvalue weighted by Crippen LogP contribution is 2.20. The maximum Gasteiger partial charge on any atom is 0.119 e. The predicted octanol–water partition coefficient (Wildman–Crippen LogP) is 0.982. The fourth-order valence-corrected chi connectivity index (χ4v) is 1.67. The second-order valence-corrected chi connectivity index (χ2v) is 4.89. The van der Waals surface area contributed by atoms with Crippen molar-refractivity contribution in [1.82, 2.24) is 10.5 Å². The number of rotatable bonds is 6. The van der Waals surface area contributed by atoms with E-state index < -0.39 is 0 Å². The van der Waals surface area contributed by atoms with E-state index in [-0.39, 0.29) is 0 Å². The molecule has 0 aliphatic rings. The van der Waals surface area contributed by atoms with Crippen LogP contribution in [0.2, 0.25) is 0 Å². The number of benzene rings is 2. The van der Waals surface area contributed by atoms with Gasteiger partial charge in [-0.15, -0.1) is 0 Å². The minimum Gasteiger partial charge on any atom is -0.497 e. The quantitative estimate of drug-likeness (QED) is 0.307. The molecule has 2 aromatic rings. The van der Waals surface area contributed by atoms with E-state index in [0.717, 1.165) is 22.8 Å². The SMILES string of the molecule is COc1ccc(Nc2ccc(N)cc2)cc1.C[NH2+]/C=C\N(C)NN. The standard InChI is InChI=1S/C13H14N2O.C4H12N4/c1-16-13-8-6-12(7-9-13)15-11-4-2-10(14)3-5-11;1-6-3-4-8(2)7-5/h2-9,15H,14H2,1H3;3-4,6-7H,5H2,1-2H3/p+1/b;4-3-. The molecule has 2 rings (SSSR count). The normalized spacial score (nSPS) is 10.0. The molecule has 0 aliphatic heterocycles. The lowest BCUT2D eigenvalue weighted by atomic mass is 10.2. The third-order valence-electron chi connectivity index (χ3n) is 3.00. The number of quaternary nitrogens is 1. The third kappa shape index (κ3) is 7.50. The van der Waals surface area contributed by atoms with E-state index in [1.54, 1.807) is 12.1 Å². The molecule has 0 bridgehead atoms. The first-order chi connectivity index (χ1) is 11.6. The molecule has 0 saturated heterocycles. The zero-order valence-corrected chi connectivity index (χ0v) is 14.4. The number of anilines is 3. The molecule has 0 aliphatic carbocycles. The summed E-state index contributed by atoms with van der Waals surface area (Å²) in [5.74, 6) is 5.87. The first-order valence-corrected chi connectivity index (χ1v) is 7.51. The summed E-state index contributed by atoms with van der Waals surface area (Å²) in [6.45, 7) is 0. The van der Waals surface area contributed by atoms with Gasteiger partial charge in [0.15, 0.2) is 0 Å². The van der Waals surface area contributed by atoms with Crippen molar-refractivity contribution in [3.63, 3.8) is 0 Å². The first-order valence-electron chi connectivity index (χ1n) is 7.51. The molecule has 0 heterocycles. The van der Waals surface area contributed by atoms with E-state index >= 15 is 0 Å². The molecule has 0 unspecified atom stereocenters. The molecule has 7 heteroatoms. The van der Waals surface area contributed by atoms with Crippen LogP contribution in [0.25, 0.3) is 0 Å². The Morgan fingerprint density at radius 3 is 2.04 bits per heavy atom. The van der Waals surface area contributed by atoms with E-state index in [1.807, 2.05) is 80.3 Å². The molecule has 0 aromatic heterocycles. The van der Waals surface area contributed by atoms with Crippen molar-refractivity contribution >= 4 is 17.1 Å². The molecule has 0 fully saturated rings. The predicted molar refractivity (Wildman–Crippen MR) is 99.2 cm³/mol. The van der Waals surface area contributed by atoms with Crippen LogP contribution in [-0.2, 0) is 0 Å². The number of nitrogens with two attached hydrogens (primary N) is 3. The Bertz CT molecular complexity index is 597. The summed E-state index contributed by atoms with van der Waals surface area (Å²) in [7, 11) is 5.42. The monoisotopic (exact) mass is 331 g/mol. The smallest absolute Gasteiger partial charge is 0.119 e. The van der Waals surface area contributed by atoms with Crippen LogP contribution in [0.3, 0.4) is 0 Å². The topological polar surface area (TPSA) is 105 Å². The van der Waals surface area contributed by atoms with Crippen molar-refractivity contribution in [3.05, 3.63) is 60.9 Å². The highest BCUT2D eigenvalue weighted by Gasteiger charge is 1.95. The average molecular weight is 331 g/mol. The van der Waals surface area contributed by atoms with Crippen molar-refractivity contribution < 1.29 is 10.1 Å². The van der Waals surface area contributed by atoms with E-state index in [4.69, 9.17) is 16.3 Å². The molecular formula is C17H27N6O+. The van der Waals surface area contributed by atoms with Crippen LogP contribution in [0.5, 0.6) is 5.75 Å². The fraction of sp³-hybridized carbons (Fsp3) is 0.176. The highest BCUT2D eigenvalue weighted by molar-refractivity contribution is 5.62. The summed E-state index contributed by atoms with van der Waals surface area (Å²) in [5, 5.41) is 6.85. The van der Waals surface area contributed by atoms with Crippen molar-refractivity contribution in [2.24, 2.45) is 5.84 Å². The van der Waals surface area contributed by atoms with Crippen LogP contribution < -0.4 is 32.5 Å². The molecule has 2 aromatic carbocycles. The second-order valence-electron chi connectivity index (χ2n) is 4.89. The number of nitrogen functional groups attached to an aromatic ring is 1. The Labute approximate surface area is 143 Å². The van der Waals surface area contributed by atoms with Gasteiger partial charge >= 0.3 is 0 Å². The third-order valence-corrected chi connectivity index (χ3v) is 3.00. The molecule has 0 spiro atoms.